The van der Waals surface area contributed by atoms with E-state index in [0.29, 0.717) is 10.7 Å². The predicted octanol–water partition coefficient (Wildman–Crippen LogP) is 2.55. The molecule has 19 heavy (non-hydrogen) atoms. The highest BCUT2D eigenvalue weighted by Crippen LogP contribution is 2.22. The Labute approximate surface area is 119 Å². The van der Waals surface area contributed by atoms with Gasteiger partial charge in [-0.25, -0.2) is 0 Å². The average molecular weight is 285 g/mol. The molecule has 1 aromatic rings. The molecule has 4 nitrogen and oxygen atoms in total. The topological polar surface area (TPSA) is 61.4 Å². The molecule has 0 unspecified atom stereocenters. The SMILES string of the molecule is CCC(C)(C)NC(=O)CNc1cc(CO)ccc1Cl. The van der Waals surface area contributed by atoms with Crippen LogP contribution in [0.15, 0.2) is 18.2 Å². The van der Waals surface area contributed by atoms with Gasteiger partial charge in [0.15, 0.2) is 0 Å². The molecule has 5 heteroatoms. The monoisotopic (exact) mass is 284 g/mol. The third kappa shape index (κ3) is 5.09. The molecule has 0 saturated heterocycles. The van der Waals surface area contributed by atoms with E-state index in [1.54, 1.807) is 18.2 Å². The van der Waals surface area contributed by atoms with Crippen molar-refractivity contribution in [3.63, 3.8) is 0 Å². The molecule has 0 aromatic heterocycles. The van der Waals surface area contributed by atoms with Gasteiger partial charge in [0, 0.05) is 5.54 Å². The van der Waals surface area contributed by atoms with Crippen LogP contribution >= 0.6 is 11.6 Å². The van der Waals surface area contributed by atoms with Crippen LogP contribution in [0.2, 0.25) is 5.02 Å². The molecule has 0 bridgehead atoms. The maximum absolute atomic E-state index is 11.8. The van der Waals surface area contributed by atoms with Gasteiger partial charge in [0.1, 0.15) is 0 Å². The number of carbonyl (C=O) groups excluding carboxylic acids is 1. The lowest BCUT2D eigenvalue weighted by Crippen LogP contribution is -2.45. The number of rotatable bonds is 6. The first kappa shape index (κ1) is 15.8. The quantitative estimate of drug-likeness (QED) is 0.752. The standard InChI is InChI=1S/C14H21ClN2O2/c1-4-14(2,3)17-13(19)8-16-12-7-10(9-18)5-6-11(12)15/h5-7,16,18H,4,8-9H2,1-3H3,(H,17,19). The number of carbonyl (C=O) groups is 1. The van der Waals surface area contributed by atoms with Crippen LogP contribution in [-0.2, 0) is 11.4 Å². The third-order valence-electron chi connectivity index (χ3n) is 3.01. The van der Waals surface area contributed by atoms with Crippen LogP contribution in [0.4, 0.5) is 5.69 Å². The van der Waals surface area contributed by atoms with E-state index in [1.165, 1.54) is 0 Å². The first-order chi connectivity index (χ1) is 8.88. The molecule has 0 radical (unpaired) electrons. The summed E-state index contributed by atoms with van der Waals surface area (Å²) >= 11 is 6.02. The summed E-state index contributed by atoms with van der Waals surface area (Å²) in [4.78, 5) is 11.8. The summed E-state index contributed by atoms with van der Waals surface area (Å²) in [5, 5.41) is 15.5. The number of aliphatic hydroxyl groups is 1. The minimum Gasteiger partial charge on any atom is -0.392 e. The van der Waals surface area contributed by atoms with Gasteiger partial charge in [-0.15, -0.1) is 0 Å². The minimum absolute atomic E-state index is 0.0547. The Hall–Kier alpha value is -1.26. The van der Waals surface area contributed by atoms with Crippen LogP contribution in [0, 0.1) is 0 Å². The second-order valence-electron chi connectivity index (χ2n) is 5.11. The van der Waals surface area contributed by atoms with Crippen LogP contribution in [0.1, 0.15) is 32.8 Å². The summed E-state index contributed by atoms with van der Waals surface area (Å²) in [5.41, 5.74) is 1.19. The van der Waals surface area contributed by atoms with E-state index in [2.05, 4.69) is 10.6 Å². The van der Waals surface area contributed by atoms with Crippen molar-refractivity contribution in [1.82, 2.24) is 5.32 Å². The molecule has 0 fully saturated rings. The van der Waals surface area contributed by atoms with Crippen molar-refractivity contribution in [2.75, 3.05) is 11.9 Å². The Morgan fingerprint density at radius 1 is 1.42 bits per heavy atom. The maximum Gasteiger partial charge on any atom is 0.239 e. The molecule has 3 N–H and O–H groups in total. The van der Waals surface area contributed by atoms with Gasteiger partial charge in [-0.2, -0.15) is 0 Å². The zero-order valence-electron chi connectivity index (χ0n) is 11.6. The number of hydrogen-bond donors (Lipinski definition) is 3. The van der Waals surface area contributed by atoms with Crippen LogP contribution in [0.3, 0.4) is 0 Å². The third-order valence-corrected chi connectivity index (χ3v) is 3.34. The molecule has 0 aliphatic rings. The Kier molecular flexibility index (Phi) is 5.63. The van der Waals surface area contributed by atoms with Crippen molar-refractivity contribution < 1.29 is 9.90 Å². The largest absolute Gasteiger partial charge is 0.392 e. The van der Waals surface area contributed by atoms with Crippen molar-refractivity contribution in [2.45, 2.75) is 39.3 Å². The van der Waals surface area contributed by atoms with Gasteiger partial charge in [0.05, 0.1) is 23.9 Å². The molecular weight excluding hydrogens is 264 g/mol. The van der Waals surface area contributed by atoms with Gasteiger partial charge in [-0.05, 0) is 38.0 Å². The zero-order valence-corrected chi connectivity index (χ0v) is 12.3. The van der Waals surface area contributed by atoms with E-state index >= 15 is 0 Å². The molecular formula is C14H21ClN2O2. The van der Waals surface area contributed by atoms with Crippen molar-refractivity contribution >= 4 is 23.2 Å². The van der Waals surface area contributed by atoms with E-state index < -0.39 is 0 Å². The Morgan fingerprint density at radius 2 is 2.11 bits per heavy atom. The second-order valence-corrected chi connectivity index (χ2v) is 5.52. The van der Waals surface area contributed by atoms with E-state index in [1.807, 2.05) is 20.8 Å². The molecule has 0 heterocycles. The Balaban J connectivity index is 2.59. The summed E-state index contributed by atoms with van der Waals surface area (Å²) in [6.45, 7) is 6.07. The zero-order chi connectivity index (χ0) is 14.5. The maximum atomic E-state index is 11.8. The molecule has 1 aromatic carbocycles. The summed E-state index contributed by atoms with van der Waals surface area (Å²) in [5.74, 6) is -0.0858. The first-order valence-corrected chi connectivity index (χ1v) is 6.70. The van der Waals surface area contributed by atoms with Crippen molar-refractivity contribution in [2.24, 2.45) is 0 Å². The highest BCUT2D eigenvalue weighted by atomic mass is 35.5. The van der Waals surface area contributed by atoms with E-state index in [-0.39, 0.29) is 24.6 Å². The fraction of sp³-hybridized carbons (Fsp3) is 0.500. The minimum atomic E-state index is -0.213. The van der Waals surface area contributed by atoms with Crippen LogP contribution < -0.4 is 10.6 Å². The molecule has 0 spiro atoms. The second kappa shape index (κ2) is 6.78. The first-order valence-electron chi connectivity index (χ1n) is 6.32. The number of halogens is 1. The fourth-order valence-electron chi connectivity index (χ4n) is 1.49. The van der Waals surface area contributed by atoms with Gasteiger partial charge in [-0.1, -0.05) is 24.6 Å². The Bertz CT molecular complexity index is 447. The molecule has 0 aliphatic heterocycles. The number of hydrogen-bond acceptors (Lipinski definition) is 3. The van der Waals surface area contributed by atoms with E-state index in [4.69, 9.17) is 16.7 Å². The number of aliphatic hydroxyl groups excluding tert-OH is 1. The van der Waals surface area contributed by atoms with E-state index in [9.17, 15) is 4.79 Å². The lowest BCUT2D eigenvalue weighted by molar-refractivity contribution is -0.121. The summed E-state index contributed by atoms with van der Waals surface area (Å²) in [6.07, 6.45) is 0.861. The summed E-state index contributed by atoms with van der Waals surface area (Å²) in [6, 6.07) is 5.18. The van der Waals surface area contributed by atoms with Gasteiger partial charge in [0.2, 0.25) is 5.91 Å². The molecule has 1 rings (SSSR count). The van der Waals surface area contributed by atoms with Crippen molar-refractivity contribution in [1.29, 1.82) is 0 Å². The van der Waals surface area contributed by atoms with Gasteiger partial charge >= 0.3 is 0 Å². The van der Waals surface area contributed by atoms with Gasteiger partial charge in [0.25, 0.3) is 0 Å². The molecule has 0 saturated carbocycles. The normalized spacial score (nSPS) is 11.2. The predicted molar refractivity (Wildman–Crippen MR) is 78.4 cm³/mol. The highest BCUT2D eigenvalue weighted by molar-refractivity contribution is 6.33. The molecule has 1 amide bonds. The van der Waals surface area contributed by atoms with Gasteiger partial charge < -0.3 is 15.7 Å². The lowest BCUT2D eigenvalue weighted by Gasteiger charge is -2.24. The van der Waals surface area contributed by atoms with Crippen LogP contribution in [0.25, 0.3) is 0 Å². The van der Waals surface area contributed by atoms with Crippen molar-refractivity contribution in [3.05, 3.63) is 28.8 Å². The fourth-order valence-corrected chi connectivity index (χ4v) is 1.68. The number of amides is 1. The summed E-state index contributed by atoms with van der Waals surface area (Å²) in [7, 11) is 0. The van der Waals surface area contributed by atoms with E-state index in [0.717, 1.165) is 12.0 Å². The summed E-state index contributed by atoms with van der Waals surface area (Å²) < 4.78 is 0. The number of benzene rings is 1. The number of nitrogens with one attached hydrogen (secondary N) is 2. The number of anilines is 1. The molecule has 106 valence electrons. The highest BCUT2D eigenvalue weighted by Gasteiger charge is 2.17. The smallest absolute Gasteiger partial charge is 0.239 e. The van der Waals surface area contributed by atoms with Crippen LogP contribution in [-0.4, -0.2) is 23.1 Å². The van der Waals surface area contributed by atoms with Crippen molar-refractivity contribution in [3.8, 4) is 0 Å². The van der Waals surface area contributed by atoms with Gasteiger partial charge in [-0.3, -0.25) is 4.79 Å². The molecule has 0 atom stereocenters. The lowest BCUT2D eigenvalue weighted by atomic mass is 10.0. The Morgan fingerprint density at radius 3 is 2.68 bits per heavy atom. The van der Waals surface area contributed by atoms with Crippen LogP contribution in [0.5, 0.6) is 0 Å². The average Bonchev–Trinajstić information content (AvgIpc) is 2.37. The molecule has 0 aliphatic carbocycles.